The predicted octanol–water partition coefficient (Wildman–Crippen LogP) is 8.40. The van der Waals surface area contributed by atoms with Gasteiger partial charge in [0.05, 0.1) is 30.3 Å². The van der Waals surface area contributed by atoms with Gasteiger partial charge >= 0.3 is 6.09 Å². The number of amides is 2. The van der Waals surface area contributed by atoms with Gasteiger partial charge in [-0.3, -0.25) is 14.1 Å². The van der Waals surface area contributed by atoms with Gasteiger partial charge in [0.1, 0.15) is 22.9 Å². The number of benzene rings is 2. The van der Waals surface area contributed by atoms with Crippen LogP contribution in [-0.4, -0.2) is 46.0 Å². The summed E-state index contributed by atoms with van der Waals surface area (Å²) in [6, 6.07) is 9.74. The van der Waals surface area contributed by atoms with Crippen LogP contribution >= 0.6 is 0 Å². The van der Waals surface area contributed by atoms with Gasteiger partial charge in [0.25, 0.3) is 12.3 Å². The quantitative estimate of drug-likeness (QED) is 0.189. The largest absolute Gasteiger partial charge is 0.455 e. The molecular formula is C35H39F3N4O4. The van der Waals surface area contributed by atoms with Crippen molar-refractivity contribution in [1.29, 1.82) is 0 Å². The second-order valence-electron chi connectivity index (χ2n) is 12.7. The van der Waals surface area contributed by atoms with Crippen molar-refractivity contribution in [3.8, 4) is 22.8 Å². The normalized spacial score (nSPS) is 13.3. The van der Waals surface area contributed by atoms with Gasteiger partial charge < -0.3 is 14.8 Å². The van der Waals surface area contributed by atoms with E-state index in [1.54, 1.807) is 49.7 Å². The molecule has 244 valence electrons. The van der Waals surface area contributed by atoms with Gasteiger partial charge in [0.2, 0.25) is 0 Å². The maximum absolute atomic E-state index is 14.7. The van der Waals surface area contributed by atoms with Crippen molar-refractivity contribution >= 4 is 23.3 Å². The lowest BCUT2D eigenvalue weighted by atomic mass is 10.0. The van der Waals surface area contributed by atoms with Crippen molar-refractivity contribution in [2.45, 2.75) is 85.3 Å². The van der Waals surface area contributed by atoms with Crippen LogP contribution in [0.15, 0.2) is 48.8 Å². The molecule has 1 N–H and O–H groups in total. The van der Waals surface area contributed by atoms with Gasteiger partial charge in [-0.2, -0.15) is 0 Å². The van der Waals surface area contributed by atoms with Crippen LogP contribution in [0.1, 0.15) is 74.0 Å². The van der Waals surface area contributed by atoms with Crippen molar-refractivity contribution in [3.63, 3.8) is 0 Å². The molecule has 1 aliphatic rings. The minimum atomic E-state index is -2.88. The number of aromatic nitrogens is 2. The Balaban J connectivity index is 1.65. The monoisotopic (exact) mass is 636 g/mol. The molecule has 2 aromatic heterocycles. The third kappa shape index (κ3) is 7.46. The van der Waals surface area contributed by atoms with Crippen LogP contribution in [-0.2, 0) is 11.2 Å². The Morgan fingerprint density at radius 3 is 2.50 bits per heavy atom. The molecule has 8 nitrogen and oxygen atoms in total. The summed E-state index contributed by atoms with van der Waals surface area (Å²) in [6.07, 6.45) is 2.70. The number of pyridine rings is 1. The van der Waals surface area contributed by atoms with Crippen molar-refractivity contribution in [2.75, 3.05) is 11.4 Å². The minimum absolute atomic E-state index is 0.0262. The van der Waals surface area contributed by atoms with Crippen LogP contribution < -0.4 is 15.0 Å². The number of nitrogens with zero attached hydrogens (tertiary/aromatic N) is 3. The van der Waals surface area contributed by atoms with Crippen LogP contribution in [0.2, 0.25) is 0 Å². The van der Waals surface area contributed by atoms with Gasteiger partial charge in [-0.1, -0.05) is 19.4 Å². The number of aryl methyl sites for hydroxylation is 2. The van der Waals surface area contributed by atoms with E-state index in [1.807, 2.05) is 26.8 Å². The lowest BCUT2D eigenvalue weighted by Gasteiger charge is -2.28. The van der Waals surface area contributed by atoms with Crippen molar-refractivity contribution in [2.24, 2.45) is 0 Å². The van der Waals surface area contributed by atoms with E-state index in [2.05, 4.69) is 10.3 Å². The number of carbonyl (C=O) groups excluding carboxylic acids is 2. The molecule has 0 spiro atoms. The molecule has 1 saturated carbocycles. The zero-order valence-corrected chi connectivity index (χ0v) is 26.9. The number of alkyl halides is 2. The summed E-state index contributed by atoms with van der Waals surface area (Å²) in [4.78, 5) is 31.4. The fraction of sp³-hybridized carbons (Fsp3) is 0.400. The molecule has 2 heterocycles. The number of fused-ring (bicyclic) bond motifs is 1. The first kappa shape index (κ1) is 32.8. The van der Waals surface area contributed by atoms with E-state index in [1.165, 1.54) is 18.2 Å². The number of hydrogen-bond acceptors (Lipinski definition) is 5. The molecule has 1 fully saturated rings. The number of rotatable bonds is 10. The van der Waals surface area contributed by atoms with E-state index in [4.69, 9.17) is 9.47 Å². The first-order valence-electron chi connectivity index (χ1n) is 15.4. The second kappa shape index (κ2) is 13.1. The Morgan fingerprint density at radius 2 is 1.87 bits per heavy atom. The highest BCUT2D eigenvalue weighted by Crippen LogP contribution is 2.36. The van der Waals surface area contributed by atoms with E-state index < -0.39 is 30.5 Å². The Kier molecular flexibility index (Phi) is 9.32. The lowest BCUT2D eigenvalue weighted by molar-refractivity contribution is 0.0543. The summed E-state index contributed by atoms with van der Waals surface area (Å²) < 4.78 is 55.9. The molecule has 2 amide bonds. The minimum Gasteiger partial charge on any atom is -0.455 e. The Bertz CT molecular complexity index is 1780. The number of carbonyl (C=O) groups is 2. The number of nitrogens with one attached hydrogen (secondary N) is 1. The fourth-order valence-electron chi connectivity index (χ4n) is 5.28. The molecule has 4 aromatic rings. The van der Waals surface area contributed by atoms with E-state index in [9.17, 15) is 22.8 Å². The lowest BCUT2D eigenvalue weighted by Crippen LogP contribution is -2.40. The smallest absolute Gasteiger partial charge is 0.415 e. The Hall–Kier alpha value is -4.54. The zero-order valence-electron chi connectivity index (χ0n) is 26.9. The van der Waals surface area contributed by atoms with Crippen molar-refractivity contribution in [1.82, 2.24) is 14.7 Å². The third-order valence-corrected chi connectivity index (χ3v) is 7.65. The van der Waals surface area contributed by atoms with Crippen LogP contribution in [0.5, 0.6) is 11.5 Å². The average Bonchev–Trinajstić information content (AvgIpc) is 3.67. The van der Waals surface area contributed by atoms with Crippen LogP contribution in [0.4, 0.5) is 23.7 Å². The second-order valence-corrected chi connectivity index (χ2v) is 12.7. The molecule has 0 atom stereocenters. The van der Waals surface area contributed by atoms with Crippen molar-refractivity contribution in [3.05, 3.63) is 76.9 Å². The first-order chi connectivity index (χ1) is 21.7. The van der Waals surface area contributed by atoms with Gasteiger partial charge in [-0.05, 0) is 88.8 Å². The molecule has 46 heavy (non-hydrogen) atoms. The zero-order chi connectivity index (χ0) is 33.3. The Labute approximate surface area is 266 Å². The van der Waals surface area contributed by atoms with E-state index >= 15 is 0 Å². The summed E-state index contributed by atoms with van der Waals surface area (Å²) in [6.45, 7) is 9.63. The maximum atomic E-state index is 14.7. The molecule has 1 aliphatic carbocycles. The van der Waals surface area contributed by atoms with E-state index in [0.29, 0.717) is 23.2 Å². The van der Waals surface area contributed by atoms with Crippen LogP contribution in [0.3, 0.4) is 0 Å². The topological polar surface area (TPSA) is 85.2 Å². The summed E-state index contributed by atoms with van der Waals surface area (Å²) >= 11 is 0. The van der Waals surface area contributed by atoms with Crippen molar-refractivity contribution < 1.29 is 32.2 Å². The SMILES string of the molecule is CCCc1cc(F)cc(Oc2cc(N(CC(F)F)C(=O)OC(C)(C)C)c3ncc(-c4ccc(C(=O)NC5CC5)c(C)c4)n3c2)c1C. The van der Waals surface area contributed by atoms with Gasteiger partial charge in [-0.15, -0.1) is 0 Å². The summed E-state index contributed by atoms with van der Waals surface area (Å²) in [5.41, 5.74) is 3.34. The molecule has 0 radical (unpaired) electrons. The molecule has 0 saturated heterocycles. The Morgan fingerprint density at radius 1 is 1.13 bits per heavy atom. The third-order valence-electron chi connectivity index (χ3n) is 7.65. The highest BCUT2D eigenvalue weighted by Gasteiger charge is 2.30. The van der Waals surface area contributed by atoms with E-state index in [-0.39, 0.29) is 34.8 Å². The highest BCUT2D eigenvalue weighted by atomic mass is 19.3. The molecule has 0 aliphatic heterocycles. The molecule has 2 aromatic carbocycles. The number of hydrogen-bond donors (Lipinski definition) is 1. The number of ether oxygens (including phenoxy) is 2. The summed E-state index contributed by atoms with van der Waals surface area (Å²) in [7, 11) is 0. The van der Waals surface area contributed by atoms with Gasteiger partial charge in [0.15, 0.2) is 5.65 Å². The molecule has 0 bridgehead atoms. The predicted molar refractivity (Wildman–Crippen MR) is 171 cm³/mol. The van der Waals surface area contributed by atoms with Crippen LogP contribution in [0, 0.1) is 19.7 Å². The number of imidazole rings is 1. The molecule has 11 heteroatoms. The van der Waals surface area contributed by atoms with Gasteiger partial charge in [0, 0.05) is 29.3 Å². The fourth-order valence-corrected chi connectivity index (χ4v) is 5.28. The number of halogens is 3. The van der Waals surface area contributed by atoms with E-state index in [0.717, 1.165) is 40.9 Å². The highest BCUT2D eigenvalue weighted by molar-refractivity contribution is 5.97. The average molecular weight is 637 g/mol. The standard InChI is InChI=1S/C35H39F3N4O4/c1-7-8-22-14-24(36)15-30(21(22)3)45-26-16-28(42(19-31(37)38)34(44)46-35(4,5)6)32-39-17-29(41(32)18-26)23-9-12-27(20(2)13-23)33(43)40-25-10-11-25/h9,12-18,25,31H,7-8,10-11,19H2,1-6H3,(H,40,43). The summed E-state index contributed by atoms with van der Waals surface area (Å²) in [5.74, 6) is -0.188. The number of anilines is 1. The summed E-state index contributed by atoms with van der Waals surface area (Å²) in [5, 5.41) is 3.00. The molecule has 0 unspecified atom stereocenters. The maximum Gasteiger partial charge on any atom is 0.415 e. The molecule has 5 rings (SSSR count). The first-order valence-corrected chi connectivity index (χ1v) is 15.4. The molecular weight excluding hydrogens is 597 g/mol. The van der Waals surface area contributed by atoms with Crippen LogP contribution in [0.25, 0.3) is 16.9 Å². The van der Waals surface area contributed by atoms with Gasteiger partial charge in [-0.25, -0.2) is 22.9 Å².